The fourth-order valence-corrected chi connectivity index (χ4v) is 4.27. The molecule has 0 spiro atoms. The zero-order valence-electron chi connectivity index (χ0n) is 18.7. The van der Waals surface area contributed by atoms with Crippen molar-refractivity contribution in [3.63, 3.8) is 0 Å². The van der Waals surface area contributed by atoms with E-state index in [1.807, 2.05) is 13.0 Å². The van der Waals surface area contributed by atoms with Crippen LogP contribution in [0.15, 0.2) is 66.9 Å². The van der Waals surface area contributed by atoms with Gasteiger partial charge in [0, 0.05) is 23.6 Å². The van der Waals surface area contributed by atoms with E-state index in [9.17, 15) is 19.2 Å². The first kappa shape index (κ1) is 22.5. The second-order valence-corrected chi connectivity index (χ2v) is 8.21. The number of hydrogen-bond acceptors (Lipinski definition) is 6. The molecule has 3 heterocycles. The summed E-state index contributed by atoms with van der Waals surface area (Å²) >= 11 is 0. The van der Waals surface area contributed by atoms with Gasteiger partial charge in [0.15, 0.2) is 5.82 Å². The van der Waals surface area contributed by atoms with Crippen molar-refractivity contribution >= 4 is 40.7 Å². The van der Waals surface area contributed by atoms with Crippen molar-refractivity contribution in [2.24, 2.45) is 5.73 Å². The van der Waals surface area contributed by atoms with Crippen LogP contribution in [-0.2, 0) is 6.54 Å². The number of aromatic nitrogens is 3. The average molecular weight is 469 g/mol. The van der Waals surface area contributed by atoms with Crippen molar-refractivity contribution in [2.75, 3.05) is 5.32 Å². The summed E-state index contributed by atoms with van der Waals surface area (Å²) in [7, 11) is -1.75. The van der Waals surface area contributed by atoms with Gasteiger partial charge in [-0.3, -0.25) is 4.79 Å². The van der Waals surface area contributed by atoms with Crippen molar-refractivity contribution in [2.45, 2.75) is 13.5 Å². The quantitative estimate of drug-likeness (QED) is 0.283. The maximum atomic E-state index is 13.7. The molecule has 0 unspecified atom stereocenters. The van der Waals surface area contributed by atoms with Crippen LogP contribution in [0, 0.1) is 12.7 Å². The van der Waals surface area contributed by atoms with E-state index < -0.39 is 13.0 Å². The van der Waals surface area contributed by atoms with Crippen LogP contribution in [0.2, 0.25) is 0 Å². The fourth-order valence-electron chi connectivity index (χ4n) is 4.27. The highest BCUT2D eigenvalue weighted by molar-refractivity contribution is 6.61. The Balaban J connectivity index is 1.72. The molecular weight excluding hydrogens is 448 g/mol. The summed E-state index contributed by atoms with van der Waals surface area (Å²) in [4.78, 5) is 21.4. The van der Waals surface area contributed by atoms with Crippen LogP contribution in [0.1, 0.15) is 21.5 Å². The lowest BCUT2D eigenvalue weighted by atomic mass is 9.79. The molecule has 0 saturated carbocycles. The minimum absolute atomic E-state index is 0.219. The lowest BCUT2D eigenvalue weighted by Gasteiger charge is -2.14. The van der Waals surface area contributed by atoms with Crippen LogP contribution in [0.25, 0.3) is 27.9 Å². The van der Waals surface area contributed by atoms with Crippen LogP contribution in [0.5, 0.6) is 0 Å². The number of aryl methyl sites for hydroxylation is 1. The zero-order valence-corrected chi connectivity index (χ0v) is 18.7. The second kappa shape index (κ2) is 8.82. The zero-order chi connectivity index (χ0) is 24.7. The minimum Gasteiger partial charge on any atom is -0.423 e. The summed E-state index contributed by atoms with van der Waals surface area (Å²) in [5, 5.41) is 23.8. The van der Waals surface area contributed by atoms with E-state index in [1.165, 1.54) is 12.1 Å². The topological polar surface area (TPSA) is 126 Å². The van der Waals surface area contributed by atoms with Gasteiger partial charge in [-0.15, -0.1) is 0 Å². The number of para-hydroxylation sites is 1. The summed E-state index contributed by atoms with van der Waals surface area (Å²) in [5.74, 6) is -0.144. The van der Waals surface area contributed by atoms with Crippen molar-refractivity contribution in [1.82, 2.24) is 14.4 Å². The van der Waals surface area contributed by atoms with E-state index in [2.05, 4.69) is 10.3 Å². The summed E-state index contributed by atoms with van der Waals surface area (Å²) < 4.78 is 15.5. The fraction of sp³-hybridized carbons (Fsp3) is 0.0800. The smallest absolute Gasteiger partial charge is 0.423 e. The standard InChI is InChI=1S/C25H21BFN5O3/c1-14-11-20-17(23(28)33)8-4-10-32(20)22(14)25-30-21-18(7-3-9-19(21)26(34)35)24(31-25)29-13-15-5-2-6-16(27)12-15/h2-12,34-35H,13H2,1H3,(H2,28,33)(H,29,30,31). The van der Waals surface area contributed by atoms with Gasteiger partial charge in [0.25, 0.3) is 5.91 Å². The van der Waals surface area contributed by atoms with Gasteiger partial charge >= 0.3 is 7.12 Å². The summed E-state index contributed by atoms with van der Waals surface area (Å²) in [6.07, 6.45) is 1.78. The lowest BCUT2D eigenvalue weighted by molar-refractivity contribution is 0.100. The SMILES string of the molecule is Cc1cc2c(C(N)=O)cccn2c1-c1nc(NCc2cccc(F)c2)c2cccc(B(O)O)c2n1. The second-order valence-electron chi connectivity index (χ2n) is 8.21. The first-order chi connectivity index (χ1) is 16.8. The molecule has 0 aliphatic heterocycles. The molecule has 0 fully saturated rings. The number of anilines is 1. The molecule has 0 radical (unpaired) electrons. The first-order valence-electron chi connectivity index (χ1n) is 10.9. The number of pyridine rings is 1. The number of fused-ring (bicyclic) bond motifs is 2. The van der Waals surface area contributed by atoms with Gasteiger partial charge in [-0.1, -0.05) is 24.3 Å². The number of halogens is 1. The molecule has 8 nitrogen and oxygen atoms in total. The van der Waals surface area contributed by atoms with Crippen LogP contribution in [0.3, 0.4) is 0 Å². The van der Waals surface area contributed by atoms with Gasteiger partial charge in [0.2, 0.25) is 0 Å². The molecule has 2 aromatic carbocycles. The molecule has 35 heavy (non-hydrogen) atoms. The molecule has 0 aliphatic rings. The highest BCUT2D eigenvalue weighted by Crippen LogP contribution is 2.30. The van der Waals surface area contributed by atoms with Gasteiger partial charge in [-0.2, -0.15) is 0 Å². The van der Waals surface area contributed by atoms with Gasteiger partial charge < -0.3 is 25.5 Å². The normalized spacial score (nSPS) is 11.2. The highest BCUT2D eigenvalue weighted by Gasteiger charge is 2.22. The Morgan fingerprint density at radius 3 is 2.66 bits per heavy atom. The molecule has 10 heteroatoms. The summed E-state index contributed by atoms with van der Waals surface area (Å²) in [6.45, 7) is 2.15. The molecule has 0 atom stereocenters. The predicted molar refractivity (Wildman–Crippen MR) is 133 cm³/mol. The Labute approximate surface area is 200 Å². The summed E-state index contributed by atoms with van der Waals surface area (Å²) in [5.41, 5.74) is 9.25. The number of benzene rings is 2. The Kier molecular flexibility index (Phi) is 5.68. The number of rotatable bonds is 6. The predicted octanol–water partition coefficient (Wildman–Crippen LogP) is 2.39. The van der Waals surface area contributed by atoms with Crippen LogP contribution >= 0.6 is 0 Å². The van der Waals surface area contributed by atoms with Crippen LogP contribution in [0.4, 0.5) is 10.2 Å². The number of carbonyl (C=O) groups is 1. The van der Waals surface area contributed by atoms with E-state index in [4.69, 9.17) is 10.7 Å². The Morgan fingerprint density at radius 2 is 1.91 bits per heavy atom. The van der Waals surface area contributed by atoms with E-state index >= 15 is 0 Å². The number of carbonyl (C=O) groups excluding carboxylic acids is 1. The van der Waals surface area contributed by atoms with E-state index in [1.54, 1.807) is 53.1 Å². The first-order valence-corrected chi connectivity index (χ1v) is 10.9. The lowest BCUT2D eigenvalue weighted by Crippen LogP contribution is -2.31. The minimum atomic E-state index is -1.75. The number of nitrogens with zero attached hydrogens (tertiary/aromatic N) is 3. The van der Waals surface area contributed by atoms with Crippen molar-refractivity contribution in [3.05, 3.63) is 89.4 Å². The van der Waals surface area contributed by atoms with E-state index in [0.717, 1.165) is 5.56 Å². The molecule has 5 N–H and O–H groups in total. The molecule has 174 valence electrons. The highest BCUT2D eigenvalue weighted by atomic mass is 19.1. The third-order valence-corrected chi connectivity index (χ3v) is 5.86. The van der Waals surface area contributed by atoms with Gasteiger partial charge in [0.1, 0.15) is 11.6 Å². The molecule has 0 saturated heterocycles. The molecule has 1 amide bonds. The largest absolute Gasteiger partial charge is 0.490 e. The monoisotopic (exact) mass is 469 g/mol. The maximum Gasteiger partial charge on any atom is 0.490 e. The van der Waals surface area contributed by atoms with Gasteiger partial charge in [0.05, 0.1) is 22.3 Å². The van der Waals surface area contributed by atoms with Crippen LogP contribution in [-0.4, -0.2) is 37.4 Å². The molecule has 5 aromatic rings. The number of nitrogens with one attached hydrogen (secondary N) is 1. The number of primary amides is 1. The Bertz CT molecular complexity index is 1600. The third-order valence-electron chi connectivity index (χ3n) is 5.86. The van der Waals surface area contributed by atoms with Crippen LogP contribution < -0.4 is 16.5 Å². The average Bonchev–Trinajstić information content (AvgIpc) is 3.17. The molecule has 0 bridgehead atoms. The Hall–Kier alpha value is -4.28. The molecule has 3 aromatic heterocycles. The van der Waals surface area contributed by atoms with Crippen molar-refractivity contribution < 1.29 is 19.2 Å². The summed E-state index contributed by atoms with van der Waals surface area (Å²) in [6, 6.07) is 16.4. The van der Waals surface area contributed by atoms with Gasteiger partial charge in [-0.25, -0.2) is 14.4 Å². The van der Waals surface area contributed by atoms with E-state index in [-0.39, 0.29) is 17.8 Å². The maximum absolute atomic E-state index is 13.7. The Morgan fingerprint density at radius 1 is 1.11 bits per heavy atom. The number of amides is 1. The van der Waals surface area contributed by atoms with Crippen molar-refractivity contribution in [3.8, 4) is 11.5 Å². The number of hydrogen-bond donors (Lipinski definition) is 4. The van der Waals surface area contributed by atoms with E-state index in [0.29, 0.717) is 44.9 Å². The molecule has 0 aliphatic carbocycles. The molecular formula is C25H21BFN5O3. The molecule has 5 rings (SSSR count). The van der Waals surface area contributed by atoms with Crippen molar-refractivity contribution in [1.29, 1.82) is 0 Å². The number of nitrogens with two attached hydrogens (primary N) is 1. The van der Waals surface area contributed by atoms with Gasteiger partial charge in [-0.05, 0) is 54.4 Å². The third kappa shape index (κ3) is 4.09.